The van der Waals surface area contributed by atoms with Crippen LogP contribution in [0, 0.1) is 6.92 Å². The van der Waals surface area contributed by atoms with Crippen molar-refractivity contribution in [1.29, 1.82) is 0 Å². The molecule has 3 N–H and O–H groups in total. The van der Waals surface area contributed by atoms with Crippen LogP contribution in [0.2, 0.25) is 0 Å². The Morgan fingerprint density at radius 2 is 2.24 bits per heavy atom. The second-order valence-corrected chi connectivity index (χ2v) is 8.12. The molecule has 2 rings (SSSR count). The van der Waals surface area contributed by atoms with Crippen LogP contribution in [0.1, 0.15) is 17.7 Å². The number of halogens is 1. The van der Waals surface area contributed by atoms with Gasteiger partial charge in [-0.05, 0) is 31.9 Å². The molecule has 2 heterocycles. The molecule has 0 radical (unpaired) electrons. The molecule has 0 bridgehead atoms. The summed E-state index contributed by atoms with van der Waals surface area (Å²) in [5.74, 6) is -0.259. The lowest BCUT2D eigenvalue weighted by Crippen LogP contribution is -2.46. The van der Waals surface area contributed by atoms with Gasteiger partial charge in [0.1, 0.15) is 10.3 Å². The summed E-state index contributed by atoms with van der Waals surface area (Å²) in [6, 6.07) is 2.76. The molecule has 120 valence electrons. The van der Waals surface area contributed by atoms with Gasteiger partial charge in [-0.1, -0.05) is 0 Å². The molecular weight excluding hydrogens is 334 g/mol. The number of nitrogens with one attached hydrogen (secondary N) is 1. The minimum atomic E-state index is -3.58. The molecule has 1 aliphatic heterocycles. The maximum atomic E-state index is 12.6. The van der Waals surface area contributed by atoms with E-state index in [4.69, 9.17) is 5.73 Å². The Morgan fingerprint density at radius 3 is 2.81 bits per heavy atom. The Morgan fingerprint density at radius 1 is 1.52 bits per heavy atom. The number of hydrogen-bond acceptors (Lipinski definition) is 5. The van der Waals surface area contributed by atoms with Gasteiger partial charge in [0.05, 0.1) is 0 Å². The standard InChI is InChI=1S/C12H19N3O3S2.ClH/c1-9-4-5-11(19-9)20(17,18)15-8-2-3-10(15)12(16)14-7-6-13;/h4-5,10H,2-3,6-8,13H2,1H3,(H,14,16);1H. The molecule has 1 aromatic rings. The van der Waals surface area contributed by atoms with Crippen LogP contribution in [0.25, 0.3) is 0 Å². The van der Waals surface area contributed by atoms with E-state index in [9.17, 15) is 13.2 Å². The summed E-state index contributed by atoms with van der Waals surface area (Å²) in [5, 5.41) is 2.67. The fourth-order valence-electron chi connectivity index (χ4n) is 2.27. The molecule has 0 aromatic carbocycles. The van der Waals surface area contributed by atoms with Crippen molar-refractivity contribution in [2.75, 3.05) is 19.6 Å². The van der Waals surface area contributed by atoms with Crippen molar-refractivity contribution in [1.82, 2.24) is 9.62 Å². The molecule has 1 atom stereocenters. The van der Waals surface area contributed by atoms with E-state index in [1.165, 1.54) is 15.6 Å². The van der Waals surface area contributed by atoms with Crippen LogP contribution in [0.3, 0.4) is 0 Å². The third-order valence-electron chi connectivity index (χ3n) is 3.23. The van der Waals surface area contributed by atoms with E-state index in [0.717, 1.165) is 4.88 Å². The maximum absolute atomic E-state index is 12.6. The number of rotatable bonds is 5. The Bertz CT molecular complexity index is 588. The van der Waals surface area contributed by atoms with Gasteiger partial charge in [0.2, 0.25) is 5.91 Å². The molecule has 21 heavy (non-hydrogen) atoms. The van der Waals surface area contributed by atoms with Crippen LogP contribution in [0.5, 0.6) is 0 Å². The van der Waals surface area contributed by atoms with Gasteiger partial charge in [0.25, 0.3) is 10.0 Å². The summed E-state index contributed by atoms with van der Waals surface area (Å²) < 4.78 is 26.7. The van der Waals surface area contributed by atoms with E-state index in [1.807, 2.05) is 6.92 Å². The third kappa shape index (κ3) is 3.95. The average molecular weight is 354 g/mol. The van der Waals surface area contributed by atoms with E-state index >= 15 is 0 Å². The first-order chi connectivity index (χ1) is 9.46. The molecule has 0 spiro atoms. The van der Waals surface area contributed by atoms with E-state index in [-0.39, 0.29) is 18.3 Å². The lowest BCUT2D eigenvalue weighted by molar-refractivity contribution is -0.124. The van der Waals surface area contributed by atoms with Gasteiger partial charge < -0.3 is 11.1 Å². The van der Waals surface area contributed by atoms with Crippen molar-refractivity contribution in [3.05, 3.63) is 17.0 Å². The van der Waals surface area contributed by atoms with Crippen molar-refractivity contribution in [3.63, 3.8) is 0 Å². The van der Waals surface area contributed by atoms with Crippen molar-refractivity contribution in [2.45, 2.75) is 30.0 Å². The smallest absolute Gasteiger partial charge is 0.253 e. The molecule has 1 saturated heterocycles. The first kappa shape index (κ1) is 18.4. The zero-order valence-corrected chi connectivity index (χ0v) is 14.2. The Kier molecular flexibility index (Phi) is 6.61. The Labute approximate surface area is 135 Å². The number of carbonyl (C=O) groups is 1. The SMILES string of the molecule is Cc1ccc(S(=O)(=O)N2CCCC2C(=O)NCCN)s1.Cl. The minimum Gasteiger partial charge on any atom is -0.353 e. The topological polar surface area (TPSA) is 92.5 Å². The molecule has 1 aliphatic rings. The quantitative estimate of drug-likeness (QED) is 0.815. The van der Waals surface area contributed by atoms with Crippen LogP contribution >= 0.6 is 23.7 Å². The summed E-state index contributed by atoms with van der Waals surface area (Å²) in [4.78, 5) is 13.0. The molecule has 1 amide bonds. The summed E-state index contributed by atoms with van der Waals surface area (Å²) in [6.45, 7) is 2.95. The highest BCUT2D eigenvalue weighted by atomic mass is 35.5. The first-order valence-electron chi connectivity index (χ1n) is 6.53. The monoisotopic (exact) mass is 353 g/mol. The van der Waals surface area contributed by atoms with Crippen molar-refractivity contribution in [2.24, 2.45) is 5.73 Å². The number of carbonyl (C=O) groups excluding carboxylic acids is 1. The fraction of sp³-hybridized carbons (Fsp3) is 0.583. The number of nitrogens with two attached hydrogens (primary N) is 1. The number of nitrogens with zero attached hydrogens (tertiary/aromatic N) is 1. The molecule has 0 saturated carbocycles. The number of hydrogen-bond donors (Lipinski definition) is 2. The van der Waals surface area contributed by atoms with Gasteiger partial charge in [-0.15, -0.1) is 23.7 Å². The van der Waals surface area contributed by atoms with Gasteiger partial charge >= 0.3 is 0 Å². The molecule has 9 heteroatoms. The second kappa shape index (κ2) is 7.55. The zero-order valence-electron chi connectivity index (χ0n) is 11.7. The van der Waals surface area contributed by atoms with Gasteiger partial charge in [0, 0.05) is 24.5 Å². The lowest BCUT2D eigenvalue weighted by atomic mass is 10.2. The zero-order chi connectivity index (χ0) is 14.8. The minimum absolute atomic E-state index is 0. The highest BCUT2D eigenvalue weighted by Crippen LogP contribution is 2.30. The van der Waals surface area contributed by atoms with Crippen LogP contribution in [-0.4, -0.2) is 44.3 Å². The molecule has 0 aliphatic carbocycles. The maximum Gasteiger partial charge on any atom is 0.253 e. The Hall–Kier alpha value is -0.670. The molecular formula is C12H20ClN3O3S2. The number of aryl methyl sites for hydroxylation is 1. The molecule has 1 fully saturated rings. The highest BCUT2D eigenvalue weighted by Gasteiger charge is 2.39. The van der Waals surface area contributed by atoms with Gasteiger partial charge in [-0.2, -0.15) is 4.31 Å². The van der Waals surface area contributed by atoms with E-state index in [2.05, 4.69) is 5.32 Å². The molecule has 6 nitrogen and oxygen atoms in total. The average Bonchev–Trinajstić information content (AvgIpc) is 3.04. The van der Waals surface area contributed by atoms with Crippen molar-refractivity contribution in [3.8, 4) is 0 Å². The number of amides is 1. The number of sulfonamides is 1. The summed E-state index contributed by atoms with van der Waals surface area (Å²) >= 11 is 1.23. The third-order valence-corrected chi connectivity index (χ3v) is 6.60. The first-order valence-corrected chi connectivity index (χ1v) is 8.78. The van der Waals surface area contributed by atoms with Gasteiger partial charge in [-0.3, -0.25) is 4.79 Å². The van der Waals surface area contributed by atoms with Gasteiger partial charge in [0.15, 0.2) is 0 Å². The van der Waals surface area contributed by atoms with Crippen LogP contribution < -0.4 is 11.1 Å². The highest BCUT2D eigenvalue weighted by molar-refractivity contribution is 7.91. The van der Waals surface area contributed by atoms with E-state index < -0.39 is 16.1 Å². The van der Waals surface area contributed by atoms with Crippen LogP contribution in [0.4, 0.5) is 0 Å². The van der Waals surface area contributed by atoms with Crippen molar-refractivity contribution >= 4 is 39.7 Å². The summed E-state index contributed by atoms with van der Waals surface area (Å²) in [6.07, 6.45) is 1.25. The predicted octanol–water partition coefficient (Wildman–Crippen LogP) is 0.706. The second-order valence-electron chi connectivity index (χ2n) is 4.72. The molecule has 1 unspecified atom stereocenters. The van der Waals surface area contributed by atoms with Crippen LogP contribution in [0.15, 0.2) is 16.3 Å². The van der Waals surface area contributed by atoms with E-state index in [0.29, 0.717) is 36.7 Å². The predicted molar refractivity (Wildman–Crippen MR) is 85.3 cm³/mol. The largest absolute Gasteiger partial charge is 0.353 e. The van der Waals surface area contributed by atoms with Crippen molar-refractivity contribution < 1.29 is 13.2 Å². The summed E-state index contributed by atoms with van der Waals surface area (Å²) in [7, 11) is -3.58. The Balaban J connectivity index is 0.00000220. The number of thiophene rings is 1. The van der Waals surface area contributed by atoms with E-state index in [1.54, 1.807) is 12.1 Å². The normalized spacial score (nSPS) is 19.2. The fourth-order valence-corrected chi connectivity index (χ4v) is 5.34. The van der Waals surface area contributed by atoms with Gasteiger partial charge in [-0.25, -0.2) is 8.42 Å². The van der Waals surface area contributed by atoms with Crippen LogP contribution in [-0.2, 0) is 14.8 Å². The summed E-state index contributed by atoms with van der Waals surface area (Å²) in [5.41, 5.74) is 5.34. The lowest BCUT2D eigenvalue weighted by Gasteiger charge is -2.22. The molecule has 1 aromatic heterocycles.